The van der Waals surface area contributed by atoms with E-state index in [2.05, 4.69) is 36.1 Å². The minimum Gasteiger partial charge on any atom is -0.399 e. The minimum atomic E-state index is -1.02. The van der Waals surface area contributed by atoms with Gasteiger partial charge in [0.15, 0.2) is 0 Å². The molecule has 0 spiro atoms. The highest BCUT2D eigenvalue weighted by molar-refractivity contribution is 6.76. The smallest absolute Gasteiger partial charge is 0.124 e. The van der Waals surface area contributed by atoms with Crippen molar-refractivity contribution < 1.29 is 4.74 Å². The Balaban J connectivity index is 0.00000242. The van der Waals surface area contributed by atoms with Gasteiger partial charge in [-0.05, 0) is 25.1 Å². The van der Waals surface area contributed by atoms with Gasteiger partial charge in [0.05, 0.1) is 12.0 Å². The van der Waals surface area contributed by atoms with Crippen molar-refractivity contribution in [3.63, 3.8) is 0 Å². The summed E-state index contributed by atoms with van der Waals surface area (Å²) in [6.45, 7) is 10.5. The summed E-state index contributed by atoms with van der Waals surface area (Å²) in [4.78, 5) is 4.49. The molecule has 0 amide bonds. The van der Waals surface area contributed by atoms with E-state index in [9.17, 15) is 0 Å². The Morgan fingerprint density at radius 3 is 2.41 bits per heavy atom. The van der Waals surface area contributed by atoms with Gasteiger partial charge in [-0.1, -0.05) is 31.8 Å². The second-order valence-corrected chi connectivity index (χ2v) is 12.2. The standard InChI is InChI=1S/C16H25N3OSi.ClH/c1-13-16(14-5-7-15(17)8-6-14)18-11-19(13)12-20-9-10-21(2,3)4;/h5-8,11H,9-10,12,17H2,1-4H3;1H. The molecule has 4 nitrogen and oxygen atoms in total. The number of imidazole rings is 1. The van der Waals surface area contributed by atoms with Gasteiger partial charge in [0, 0.05) is 31.6 Å². The van der Waals surface area contributed by atoms with Crippen LogP contribution in [0.1, 0.15) is 5.69 Å². The van der Waals surface area contributed by atoms with E-state index < -0.39 is 8.07 Å². The average molecular weight is 340 g/mol. The van der Waals surface area contributed by atoms with Gasteiger partial charge in [0.2, 0.25) is 0 Å². The second kappa shape index (κ2) is 7.81. The summed E-state index contributed by atoms with van der Waals surface area (Å²) in [7, 11) is -1.02. The maximum absolute atomic E-state index is 5.78. The first-order chi connectivity index (χ1) is 9.87. The van der Waals surface area contributed by atoms with Crippen LogP contribution >= 0.6 is 12.4 Å². The molecule has 0 bridgehead atoms. The Labute approximate surface area is 140 Å². The molecule has 0 aliphatic carbocycles. The SMILES string of the molecule is Cc1c(-c2ccc(N)cc2)ncn1COCC[Si](C)(C)C.Cl. The number of anilines is 1. The Morgan fingerprint density at radius 1 is 1.18 bits per heavy atom. The number of nitrogens with zero attached hydrogens (tertiary/aromatic N) is 2. The van der Waals surface area contributed by atoms with Gasteiger partial charge in [-0.15, -0.1) is 12.4 Å². The molecule has 0 saturated carbocycles. The number of aromatic nitrogens is 2. The van der Waals surface area contributed by atoms with E-state index in [1.807, 2.05) is 30.6 Å². The second-order valence-electron chi connectivity index (χ2n) is 6.62. The van der Waals surface area contributed by atoms with Crippen LogP contribution < -0.4 is 5.73 Å². The lowest BCUT2D eigenvalue weighted by Gasteiger charge is -2.15. The van der Waals surface area contributed by atoms with Crippen LogP contribution in [0.3, 0.4) is 0 Å². The molecule has 0 aliphatic heterocycles. The molecule has 0 unspecified atom stereocenters. The molecule has 22 heavy (non-hydrogen) atoms. The molecule has 1 aromatic carbocycles. The molecule has 2 N–H and O–H groups in total. The zero-order valence-electron chi connectivity index (χ0n) is 13.8. The van der Waals surface area contributed by atoms with Crippen molar-refractivity contribution in [3.8, 4) is 11.3 Å². The van der Waals surface area contributed by atoms with Crippen LogP contribution in [0.2, 0.25) is 25.7 Å². The molecule has 0 saturated heterocycles. The summed E-state index contributed by atoms with van der Waals surface area (Å²) in [5, 5.41) is 0. The Hall–Kier alpha value is -1.30. The first-order valence-electron chi connectivity index (χ1n) is 7.32. The lowest BCUT2D eigenvalue weighted by Crippen LogP contribution is -2.22. The monoisotopic (exact) mass is 339 g/mol. The molecule has 2 aromatic rings. The number of benzene rings is 1. The predicted molar refractivity (Wildman–Crippen MR) is 98.2 cm³/mol. The van der Waals surface area contributed by atoms with E-state index in [0.29, 0.717) is 6.73 Å². The number of halogens is 1. The molecule has 1 aromatic heterocycles. The van der Waals surface area contributed by atoms with Crippen LogP contribution in [0.5, 0.6) is 0 Å². The topological polar surface area (TPSA) is 53.1 Å². The van der Waals surface area contributed by atoms with E-state index in [0.717, 1.165) is 29.2 Å². The average Bonchev–Trinajstić information content (AvgIpc) is 2.76. The van der Waals surface area contributed by atoms with Crippen molar-refractivity contribution in [2.75, 3.05) is 12.3 Å². The fourth-order valence-electron chi connectivity index (χ4n) is 2.04. The summed E-state index contributed by atoms with van der Waals surface area (Å²) < 4.78 is 7.83. The van der Waals surface area contributed by atoms with Crippen LogP contribution in [-0.4, -0.2) is 24.2 Å². The van der Waals surface area contributed by atoms with Crippen molar-refractivity contribution in [3.05, 3.63) is 36.3 Å². The molecule has 1 heterocycles. The Kier molecular flexibility index (Phi) is 6.65. The summed E-state index contributed by atoms with van der Waals surface area (Å²) in [6.07, 6.45) is 1.84. The number of hydrogen-bond donors (Lipinski definition) is 1. The maximum atomic E-state index is 5.78. The Morgan fingerprint density at radius 2 is 1.82 bits per heavy atom. The third kappa shape index (κ3) is 5.16. The van der Waals surface area contributed by atoms with E-state index in [1.54, 1.807) is 0 Å². The lowest BCUT2D eigenvalue weighted by molar-refractivity contribution is 0.0859. The molecule has 0 aliphatic rings. The van der Waals surface area contributed by atoms with Crippen molar-refractivity contribution in [1.29, 1.82) is 0 Å². The highest BCUT2D eigenvalue weighted by Crippen LogP contribution is 2.22. The Bertz CT molecular complexity index is 590. The molecule has 0 fully saturated rings. The van der Waals surface area contributed by atoms with E-state index in [4.69, 9.17) is 10.5 Å². The van der Waals surface area contributed by atoms with Crippen molar-refractivity contribution in [1.82, 2.24) is 9.55 Å². The van der Waals surface area contributed by atoms with Gasteiger partial charge < -0.3 is 15.0 Å². The fraction of sp³-hybridized carbons (Fsp3) is 0.438. The van der Waals surface area contributed by atoms with Crippen molar-refractivity contribution >= 4 is 26.2 Å². The normalized spacial score (nSPS) is 11.3. The van der Waals surface area contributed by atoms with Crippen LogP contribution in [0.25, 0.3) is 11.3 Å². The van der Waals surface area contributed by atoms with Gasteiger partial charge in [-0.2, -0.15) is 0 Å². The third-order valence-corrected chi connectivity index (χ3v) is 5.21. The quantitative estimate of drug-likeness (QED) is 0.488. The van der Waals surface area contributed by atoms with E-state index >= 15 is 0 Å². The first kappa shape index (κ1) is 18.7. The minimum absolute atomic E-state index is 0. The molecule has 6 heteroatoms. The summed E-state index contributed by atoms with van der Waals surface area (Å²) in [6, 6.07) is 8.99. The number of nitrogen functional groups attached to an aromatic ring is 1. The summed E-state index contributed by atoms with van der Waals surface area (Å²) in [5.74, 6) is 0. The number of nitrogens with two attached hydrogens (primary N) is 1. The van der Waals surface area contributed by atoms with Crippen molar-refractivity contribution in [2.24, 2.45) is 0 Å². The molecule has 122 valence electrons. The molecular weight excluding hydrogens is 314 g/mol. The van der Waals surface area contributed by atoms with Gasteiger partial charge in [0.25, 0.3) is 0 Å². The van der Waals surface area contributed by atoms with Crippen LogP contribution in [0.15, 0.2) is 30.6 Å². The van der Waals surface area contributed by atoms with Crippen LogP contribution in [-0.2, 0) is 11.5 Å². The van der Waals surface area contributed by atoms with Crippen molar-refractivity contribution in [2.45, 2.75) is 39.3 Å². The molecule has 0 radical (unpaired) electrons. The van der Waals surface area contributed by atoms with Gasteiger partial charge in [-0.3, -0.25) is 0 Å². The number of ether oxygens (including phenoxy) is 1. The molecule has 0 atom stereocenters. The summed E-state index contributed by atoms with van der Waals surface area (Å²) >= 11 is 0. The van der Waals surface area contributed by atoms with Gasteiger partial charge in [-0.25, -0.2) is 4.98 Å². The van der Waals surface area contributed by atoms with E-state index in [1.165, 1.54) is 6.04 Å². The summed E-state index contributed by atoms with van der Waals surface area (Å²) in [5.41, 5.74) is 9.68. The van der Waals surface area contributed by atoms with Crippen LogP contribution in [0, 0.1) is 6.92 Å². The van der Waals surface area contributed by atoms with Crippen LogP contribution in [0.4, 0.5) is 5.69 Å². The number of rotatable bonds is 6. The fourth-order valence-corrected chi connectivity index (χ4v) is 2.80. The highest BCUT2D eigenvalue weighted by atomic mass is 35.5. The first-order valence-corrected chi connectivity index (χ1v) is 11.0. The predicted octanol–water partition coefficient (Wildman–Crippen LogP) is 4.17. The third-order valence-electron chi connectivity index (χ3n) is 3.51. The zero-order valence-corrected chi connectivity index (χ0v) is 15.6. The van der Waals surface area contributed by atoms with Gasteiger partial charge in [0.1, 0.15) is 6.73 Å². The largest absolute Gasteiger partial charge is 0.399 e. The lowest BCUT2D eigenvalue weighted by atomic mass is 10.1. The number of hydrogen-bond acceptors (Lipinski definition) is 3. The highest BCUT2D eigenvalue weighted by Gasteiger charge is 2.13. The van der Waals surface area contributed by atoms with E-state index in [-0.39, 0.29) is 12.4 Å². The molecular formula is C16H26ClN3OSi. The zero-order chi connectivity index (χ0) is 15.5. The van der Waals surface area contributed by atoms with Gasteiger partial charge >= 0.3 is 0 Å². The maximum Gasteiger partial charge on any atom is 0.124 e. The molecule has 2 rings (SSSR count).